The highest BCUT2D eigenvalue weighted by molar-refractivity contribution is 5.90. The Morgan fingerprint density at radius 2 is 2.18 bits per heavy atom. The van der Waals surface area contributed by atoms with Gasteiger partial charge in [0.05, 0.1) is 11.4 Å². The van der Waals surface area contributed by atoms with Crippen LogP contribution < -0.4 is 10.6 Å². The molecule has 0 bridgehead atoms. The van der Waals surface area contributed by atoms with Crippen molar-refractivity contribution in [3.63, 3.8) is 0 Å². The molecule has 1 aromatic heterocycles. The SMILES string of the molecule is CCC(=O)N1CCC(NC(=O)Nc2cn(C)nc2C(C)C)C1. The average molecular weight is 307 g/mol. The van der Waals surface area contributed by atoms with Crippen LogP contribution >= 0.6 is 0 Å². The standard InChI is InChI=1S/C15H25N5O2/c1-5-13(21)20-7-6-11(8-20)16-15(22)17-12-9-19(4)18-14(12)10(2)3/h9-11H,5-8H2,1-4H3,(H2,16,17,22). The van der Waals surface area contributed by atoms with E-state index in [9.17, 15) is 9.59 Å². The third-order valence-corrected chi connectivity index (χ3v) is 3.83. The van der Waals surface area contributed by atoms with Crippen LogP contribution in [-0.4, -0.2) is 45.8 Å². The average Bonchev–Trinajstić information content (AvgIpc) is 3.04. The number of urea groups is 1. The predicted octanol–water partition coefficient (Wildman–Crippen LogP) is 1.68. The fraction of sp³-hybridized carbons (Fsp3) is 0.667. The van der Waals surface area contributed by atoms with Crippen LogP contribution in [0.3, 0.4) is 0 Å². The summed E-state index contributed by atoms with van der Waals surface area (Å²) in [4.78, 5) is 25.6. The number of rotatable bonds is 4. The van der Waals surface area contributed by atoms with Crippen molar-refractivity contribution in [2.24, 2.45) is 7.05 Å². The maximum absolute atomic E-state index is 12.1. The van der Waals surface area contributed by atoms with E-state index in [-0.39, 0.29) is 23.9 Å². The Labute approximate surface area is 131 Å². The second kappa shape index (κ2) is 6.81. The molecule has 0 spiro atoms. The lowest BCUT2D eigenvalue weighted by molar-refractivity contribution is -0.129. The number of nitrogens with zero attached hydrogens (tertiary/aromatic N) is 3. The van der Waals surface area contributed by atoms with E-state index in [4.69, 9.17) is 0 Å². The largest absolute Gasteiger partial charge is 0.341 e. The van der Waals surface area contributed by atoms with E-state index in [0.29, 0.717) is 19.5 Å². The third-order valence-electron chi connectivity index (χ3n) is 3.83. The highest BCUT2D eigenvalue weighted by atomic mass is 16.2. The lowest BCUT2D eigenvalue weighted by atomic mass is 10.1. The number of anilines is 1. The number of nitrogens with one attached hydrogen (secondary N) is 2. The molecule has 2 N–H and O–H groups in total. The summed E-state index contributed by atoms with van der Waals surface area (Å²) in [6.07, 6.45) is 3.10. The highest BCUT2D eigenvalue weighted by Gasteiger charge is 2.26. The fourth-order valence-electron chi connectivity index (χ4n) is 2.70. The number of aryl methyl sites for hydroxylation is 1. The summed E-state index contributed by atoms with van der Waals surface area (Å²) in [7, 11) is 1.83. The molecule has 0 aromatic carbocycles. The number of likely N-dealkylation sites (tertiary alicyclic amines) is 1. The normalized spacial score (nSPS) is 17.9. The second-order valence-corrected chi connectivity index (χ2v) is 6.03. The van der Waals surface area contributed by atoms with Crippen LogP contribution in [-0.2, 0) is 11.8 Å². The molecule has 0 saturated carbocycles. The van der Waals surface area contributed by atoms with E-state index in [1.165, 1.54) is 0 Å². The summed E-state index contributed by atoms with van der Waals surface area (Å²) in [6, 6.07) is -0.236. The molecule has 2 heterocycles. The molecular weight excluding hydrogens is 282 g/mol. The Kier molecular flexibility index (Phi) is 5.05. The summed E-state index contributed by atoms with van der Waals surface area (Å²) in [6.45, 7) is 7.23. The molecular formula is C15H25N5O2. The molecule has 0 radical (unpaired) electrons. The first kappa shape index (κ1) is 16.3. The minimum atomic E-state index is -0.245. The van der Waals surface area contributed by atoms with Gasteiger partial charge in [0.15, 0.2) is 0 Å². The Balaban J connectivity index is 1.90. The van der Waals surface area contributed by atoms with Gasteiger partial charge < -0.3 is 15.5 Å². The molecule has 1 unspecified atom stereocenters. The first-order valence-corrected chi connectivity index (χ1v) is 7.79. The zero-order chi connectivity index (χ0) is 16.3. The van der Waals surface area contributed by atoms with E-state index >= 15 is 0 Å². The zero-order valence-electron chi connectivity index (χ0n) is 13.7. The quantitative estimate of drug-likeness (QED) is 0.888. The summed E-state index contributed by atoms with van der Waals surface area (Å²) in [5, 5.41) is 10.2. The Morgan fingerprint density at radius 1 is 1.45 bits per heavy atom. The van der Waals surface area contributed by atoms with Crippen molar-refractivity contribution >= 4 is 17.6 Å². The second-order valence-electron chi connectivity index (χ2n) is 6.03. The number of carbonyl (C=O) groups is 2. The Bertz CT molecular complexity index is 552. The van der Waals surface area contributed by atoms with Gasteiger partial charge in [0.25, 0.3) is 0 Å². The summed E-state index contributed by atoms with van der Waals surface area (Å²) in [5.74, 6) is 0.375. The lowest BCUT2D eigenvalue weighted by Gasteiger charge is -2.16. The van der Waals surface area contributed by atoms with Gasteiger partial charge >= 0.3 is 6.03 Å². The monoisotopic (exact) mass is 307 g/mol. The van der Waals surface area contributed by atoms with Crippen LogP contribution in [0, 0.1) is 0 Å². The molecule has 122 valence electrons. The van der Waals surface area contributed by atoms with Crippen LogP contribution in [0.4, 0.5) is 10.5 Å². The number of hydrogen-bond acceptors (Lipinski definition) is 3. The van der Waals surface area contributed by atoms with Crippen LogP contribution in [0.25, 0.3) is 0 Å². The molecule has 2 rings (SSSR count). The molecule has 22 heavy (non-hydrogen) atoms. The zero-order valence-corrected chi connectivity index (χ0v) is 13.7. The van der Waals surface area contributed by atoms with Crippen LogP contribution in [0.2, 0.25) is 0 Å². The van der Waals surface area contributed by atoms with Gasteiger partial charge in [-0.15, -0.1) is 0 Å². The first-order valence-electron chi connectivity index (χ1n) is 7.79. The molecule has 7 heteroatoms. The molecule has 1 aromatic rings. The van der Waals surface area contributed by atoms with E-state index in [2.05, 4.69) is 15.7 Å². The maximum atomic E-state index is 12.1. The predicted molar refractivity (Wildman–Crippen MR) is 84.7 cm³/mol. The van der Waals surface area contributed by atoms with Crippen molar-refractivity contribution in [2.45, 2.75) is 45.6 Å². The van der Waals surface area contributed by atoms with Gasteiger partial charge in [-0.1, -0.05) is 20.8 Å². The molecule has 1 atom stereocenters. The molecule has 0 aliphatic carbocycles. The number of amides is 3. The summed E-state index contributed by atoms with van der Waals surface area (Å²) in [5.41, 5.74) is 1.60. The van der Waals surface area contributed by atoms with Crippen LogP contribution in [0.1, 0.15) is 45.2 Å². The van der Waals surface area contributed by atoms with Crippen molar-refractivity contribution in [3.05, 3.63) is 11.9 Å². The Hall–Kier alpha value is -2.05. The van der Waals surface area contributed by atoms with Gasteiger partial charge in [-0.3, -0.25) is 9.48 Å². The maximum Gasteiger partial charge on any atom is 0.319 e. The topological polar surface area (TPSA) is 79.3 Å². The van der Waals surface area contributed by atoms with Gasteiger partial charge in [0.1, 0.15) is 0 Å². The van der Waals surface area contributed by atoms with E-state index in [1.54, 1.807) is 15.8 Å². The van der Waals surface area contributed by atoms with Gasteiger partial charge in [0.2, 0.25) is 5.91 Å². The number of hydrogen-bond donors (Lipinski definition) is 2. The Morgan fingerprint density at radius 3 is 2.82 bits per heavy atom. The van der Waals surface area contributed by atoms with E-state index in [1.807, 2.05) is 27.8 Å². The minimum absolute atomic E-state index is 0.00896. The van der Waals surface area contributed by atoms with Gasteiger partial charge in [0, 0.05) is 38.8 Å². The number of aromatic nitrogens is 2. The summed E-state index contributed by atoms with van der Waals surface area (Å²) >= 11 is 0. The molecule has 1 saturated heterocycles. The van der Waals surface area contributed by atoms with Crippen LogP contribution in [0.5, 0.6) is 0 Å². The highest BCUT2D eigenvalue weighted by Crippen LogP contribution is 2.22. The molecule has 7 nitrogen and oxygen atoms in total. The van der Waals surface area contributed by atoms with Crippen molar-refractivity contribution < 1.29 is 9.59 Å². The molecule has 3 amide bonds. The smallest absolute Gasteiger partial charge is 0.319 e. The molecule has 1 aliphatic heterocycles. The fourth-order valence-corrected chi connectivity index (χ4v) is 2.70. The van der Waals surface area contributed by atoms with E-state index < -0.39 is 0 Å². The van der Waals surface area contributed by atoms with Gasteiger partial charge in [-0.25, -0.2) is 4.79 Å². The molecule has 1 aliphatic rings. The van der Waals surface area contributed by atoms with Crippen molar-refractivity contribution in [1.29, 1.82) is 0 Å². The molecule has 1 fully saturated rings. The minimum Gasteiger partial charge on any atom is -0.341 e. The van der Waals surface area contributed by atoms with E-state index in [0.717, 1.165) is 17.8 Å². The van der Waals surface area contributed by atoms with Crippen molar-refractivity contribution in [2.75, 3.05) is 18.4 Å². The lowest BCUT2D eigenvalue weighted by Crippen LogP contribution is -2.40. The van der Waals surface area contributed by atoms with Crippen molar-refractivity contribution in [1.82, 2.24) is 20.0 Å². The third kappa shape index (κ3) is 3.78. The number of carbonyl (C=O) groups excluding carboxylic acids is 2. The van der Waals surface area contributed by atoms with Gasteiger partial charge in [-0.05, 0) is 12.3 Å². The first-order chi connectivity index (χ1) is 10.4. The summed E-state index contributed by atoms with van der Waals surface area (Å²) < 4.78 is 1.70. The van der Waals surface area contributed by atoms with Crippen LogP contribution in [0.15, 0.2) is 6.20 Å². The van der Waals surface area contributed by atoms with Crippen molar-refractivity contribution in [3.8, 4) is 0 Å². The van der Waals surface area contributed by atoms with Gasteiger partial charge in [-0.2, -0.15) is 5.10 Å².